The van der Waals surface area contributed by atoms with E-state index in [0.29, 0.717) is 28.8 Å². The molecular formula is C24H17BrN4O4. The second-order valence-corrected chi connectivity index (χ2v) is 8.49. The Labute approximate surface area is 195 Å². The van der Waals surface area contributed by atoms with E-state index < -0.39 is 5.91 Å². The monoisotopic (exact) mass is 504 g/mol. The van der Waals surface area contributed by atoms with Crippen molar-refractivity contribution in [3.8, 4) is 17.1 Å². The lowest BCUT2D eigenvalue weighted by atomic mass is 10.1. The molecule has 0 atom stereocenters. The summed E-state index contributed by atoms with van der Waals surface area (Å²) in [5.74, 6) is -0.618. The van der Waals surface area contributed by atoms with Crippen LogP contribution in [0, 0.1) is 4.91 Å². The minimum absolute atomic E-state index is 0.0169. The number of fused-ring (bicyclic) bond motifs is 2. The van der Waals surface area contributed by atoms with Crippen LogP contribution in [0.4, 0.5) is 5.69 Å². The van der Waals surface area contributed by atoms with Gasteiger partial charge in [0.05, 0.1) is 23.3 Å². The maximum atomic E-state index is 11.8. The lowest BCUT2D eigenvalue weighted by Crippen LogP contribution is -2.18. The third kappa shape index (κ3) is 3.47. The number of nitrogens with zero attached hydrogens (tertiary/aromatic N) is 2. The molecule has 33 heavy (non-hydrogen) atoms. The zero-order valence-electron chi connectivity index (χ0n) is 17.0. The lowest BCUT2D eigenvalue weighted by molar-refractivity contribution is 0.0706. The van der Waals surface area contributed by atoms with Crippen molar-refractivity contribution < 1.29 is 15.1 Å². The Kier molecular flexibility index (Phi) is 5.20. The molecule has 0 aliphatic heterocycles. The molecule has 5 rings (SSSR count). The molecule has 0 saturated heterocycles. The van der Waals surface area contributed by atoms with E-state index in [2.05, 4.69) is 26.1 Å². The van der Waals surface area contributed by atoms with Crippen molar-refractivity contribution in [3.05, 3.63) is 87.2 Å². The lowest BCUT2D eigenvalue weighted by Gasteiger charge is -2.08. The average Bonchev–Trinajstić information content (AvgIpc) is 3.33. The zero-order valence-corrected chi connectivity index (χ0v) is 18.6. The Balaban J connectivity index is 1.69. The molecule has 2 heterocycles. The average molecular weight is 505 g/mol. The molecule has 0 aliphatic carbocycles. The van der Waals surface area contributed by atoms with E-state index in [9.17, 15) is 14.8 Å². The van der Waals surface area contributed by atoms with Gasteiger partial charge in [-0.1, -0.05) is 46.3 Å². The maximum Gasteiger partial charge on any atom is 0.274 e. The van der Waals surface area contributed by atoms with Crippen LogP contribution in [-0.2, 0) is 6.54 Å². The summed E-state index contributed by atoms with van der Waals surface area (Å²) in [5, 5.41) is 24.8. The Morgan fingerprint density at radius 3 is 2.55 bits per heavy atom. The van der Waals surface area contributed by atoms with Gasteiger partial charge in [-0.3, -0.25) is 10.0 Å². The predicted octanol–water partition coefficient (Wildman–Crippen LogP) is 5.82. The molecule has 0 bridgehead atoms. The molecule has 0 radical (unpaired) electrons. The SMILES string of the molecule is O=Nc1c(-c2c(O)n(Cc3ccc(C(=O)NO)cc3)c3ccc(Br)cc23)[nH]c2ccccc12. The van der Waals surface area contributed by atoms with Gasteiger partial charge in [-0.25, -0.2) is 5.48 Å². The summed E-state index contributed by atoms with van der Waals surface area (Å²) in [5.41, 5.74) is 5.42. The van der Waals surface area contributed by atoms with Crippen molar-refractivity contribution in [3.63, 3.8) is 0 Å². The minimum Gasteiger partial charge on any atom is -0.494 e. The number of carbonyl (C=O) groups is 1. The Morgan fingerprint density at radius 1 is 1.06 bits per heavy atom. The largest absolute Gasteiger partial charge is 0.494 e. The molecule has 0 fully saturated rings. The number of H-pyrrole nitrogens is 1. The van der Waals surface area contributed by atoms with Gasteiger partial charge in [-0.05, 0) is 47.1 Å². The van der Waals surface area contributed by atoms with Crippen LogP contribution in [0.1, 0.15) is 15.9 Å². The van der Waals surface area contributed by atoms with Crippen LogP contribution in [0.15, 0.2) is 76.4 Å². The number of para-hydroxylation sites is 1. The molecule has 4 N–H and O–H groups in total. The molecule has 1 amide bonds. The van der Waals surface area contributed by atoms with E-state index >= 15 is 0 Å². The molecule has 2 aromatic heterocycles. The number of aromatic hydroxyl groups is 1. The topological polar surface area (TPSA) is 120 Å². The molecule has 164 valence electrons. The highest BCUT2D eigenvalue weighted by Gasteiger charge is 2.24. The zero-order chi connectivity index (χ0) is 23.1. The first-order chi connectivity index (χ1) is 16.0. The summed E-state index contributed by atoms with van der Waals surface area (Å²) in [6, 6.07) is 19.7. The molecule has 3 aromatic carbocycles. The first-order valence-corrected chi connectivity index (χ1v) is 10.8. The number of aromatic amines is 1. The van der Waals surface area contributed by atoms with Gasteiger partial charge in [-0.2, -0.15) is 0 Å². The summed E-state index contributed by atoms with van der Waals surface area (Å²) in [6.07, 6.45) is 0. The second-order valence-electron chi connectivity index (χ2n) is 7.57. The summed E-state index contributed by atoms with van der Waals surface area (Å²) < 4.78 is 2.56. The molecule has 8 nitrogen and oxygen atoms in total. The first-order valence-electron chi connectivity index (χ1n) is 10.0. The molecule has 5 aromatic rings. The van der Waals surface area contributed by atoms with E-state index in [0.717, 1.165) is 26.5 Å². The summed E-state index contributed by atoms with van der Waals surface area (Å²) in [4.78, 5) is 26.6. The highest BCUT2D eigenvalue weighted by atomic mass is 79.9. The van der Waals surface area contributed by atoms with Crippen LogP contribution in [-0.4, -0.2) is 25.8 Å². The van der Waals surface area contributed by atoms with Crippen LogP contribution in [0.3, 0.4) is 0 Å². The molecule has 0 aliphatic rings. The van der Waals surface area contributed by atoms with Gasteiger partial charge in [0.1, 0.15) is 5.69 Å². The van der Waals surface area contributed by atoms with Gasteiger partial charge >= 0.3 is 0 Å². The number of aromatic nitrogens is 2. The molecule has 0 unspecified atom stereocenters. The smallest absolute Gasteiger partial charge is 0.274 e. The van der Waals surface area contributed by atoms with Gasteiger partial charge in [0, 0.05) is 26.3 Å². The fraction of sp³-hybridized carbons (Fsp3) is 0.0417. The second kappa shape index (κ2) is 8.19. The minimum atomic E-state index is -0.601. The number of nitrogens with one attached hydrogen (secondary N) is 2. The molecular weight excluding hydrogens is 488 g/mol. The maximum absolute atomic E-state index is 11.8. The predicted molar refractivity (Wildman–Crippen MR) is 129 cm³/mol. The summed E-state index contributed by atoms with van der Waals surface area (Å²) in [6.45, 7) is 0.315. The van der Waals surface area contributed by atoms with Gasteiger partial charge in [-0.15, -0.1) is 4.91 Å². The number of carbonyl (C=O) groups excluding carboxylic acids is 1. The standard InChI is InChI=1S/C24H17BrN4O4/c25-15-9-10-19-17(11-15)20(22-21(27-32)16-3-1-2-4-18(16)26-22)24(31)29(19)12-13-5-7-14(8-6-13)23(30)28-33/h1-11,26,31,33H,12H2,(H,28,30). The fourth-order valence-electron chi connectivity index (χ4n) is 4.13. The van der Waals surface area contributed by atoms with Crippen LogP contribution < -0.4 is 5.48 Å². The number of hydrogen-bond donors (Lipinski definition) is 4. The highest BCUT2D eigenvalue weighted by Crippen LogP contribution is 2.46. The van der Waals surface area contributed by atoms with E-state index in [-0.39, 0.29) is 11.6 Å². The van der Waals surface area contributed by atoms with E-state index in [4.69, 9.17) is 5.21 Å². The number of benzene rings is 3. The summed E-state index contributed by atoms with van der Waals surface area (Å²) in [7, 11) is 0. The van der Waals surface area contributed by atoms with E-state index in [1.807, 2.05) is 42.5 Å². The van der Waals surface area contributed by atoms with Crippen molar-refractivity contribution in [2.75, 3.05) is 0 Å². The van der Waals surface area contributed by atoms with Crippen LogP contribution >= 0.6 is 15.9 Å². The van der Waals surface area contributed by atoms with Crippen LogP contribution in [0.25, 0.3) is 33.1 Å². The number of amides is 1. The van der Waals surface area contributed by atoms with Crippen molar-refractivity contribution >= 4 is 49.3 Å². The third-order valence-electron chi connectivity index (χ3n) is 5.68. The number of hydroxylamine groups is 1. The van der Waals surface area contributed by atoms with Crippen LogP contribution in [0.5, 0.6) is 5.88 Å². The van der Waals surface area contributed by atoms with Crippen molar-refractivity contribution in [2.45, 2.75) is 6.54 Å². The number of hydrogen-bond acceptors (Lipinski definition) is 5. The Morgan fingerprint density at radius 2 is 1.82 bits per heavy atom. The highest BCUT2D eigenvalue weighted by molar-refractivity contribution is 9.10. The van der Waals surface area contributed by atoms with Gasteiger partial charge < -0.3 is 14.7 Å². The van der Waals surface area contributed by atoms with E-state index in [1.165, 1.54) is 0 Å². The number of rotatable bonds is 5. The van der Waals surface area contributed by atoms with Crippen molar-refractivity contribution in [1.82, 2.24) is 15.0 Å². The van der Waals surface area contributed by atoms with Gasteiger partial charge in [0.15, 0.2) is 0 Å². The molecule has 0 spiro atoms. The van der Waals surface area contributed by atoms with E-state index in [1.54, 1.807) is 34.3 Å². The van der Waals surface area contributed by atoms with Crippen molar-refractivity contribution in [1.29, 1.82) is 0 Å². The molecule has 9 heteroatoms. The quantitative estimate of drug-likeness (QED) is 0.137. The number of nitroso groups, excluding NO2 is 1. The van der Waals surface area contributed by atoms with Crippen LogP contribution in [0.2, 0.25) is 0 Å². The Bertz CT molecular complexity index is 1540. The summed E-state index contributed by atoms with van der Waals surface area (Å²) >= 11 is 3.49. The Hall–Kier alpha value is -3.95. The van der Waals surface area contributed by atoms with Gasteiger partial charge in [0.25, 0.3) is 5.91 Å². The normalized spacial score (nSPS) is 11.2. The van der Waals surface area contributed by atoms with Gasteiger partial charge in [0.2, 0.25) is 5.88 Å². The number of halogens is 1. The third-order valence-corrected chi connectivity index (χ3v) is 6.17. The first kappa shape index (κ1) is 20.9. The fourth-order valence-corrected chi connectivity index (χ4v) is 4.49. The van der Waals surface area contributed by atoms with Crippen molar-refractivity contribution in [2.24, 2.45) is 5.18 Å². The molecule has 0 saturated carbocycles.